The number of para-hydroxylation sites is 1. The standard InChI is InChI=1S/C25H35FN2O3/c1-29-15-14-28(18-21-8-9-23(26)25(16-21)31-3)17-20-10-12-27(13-11-20)19-22-6-4-5-7-24(22)30-2/h4-9,16,20H,10-15,17-19H2,1-3H3. The second-order valence-corrected chi connectivity index (χ2v) is 8.23. The molecule has 1 saturated heterocycles. The maximum absolute atomic E-state index is 13.8. The molecule has 0 unspecified atom stereocenters. The summed E-state index contributed by atoms with van der Waals surface area (Å²) in [6.07, 6.45) is 2.34. The lowest BCUT2D eigenvalue weighted by Gasteiger charge is -2.35. The van der Waals surface area contributed by atoms with Crippen molar-refractivity contribution in [2.24, 2.45) is 5.92 Å². The number of hydrogen-bond donors (Lipinski definition) is 0. The highest BCUT2D eigenvalue weighted by Crippen LogP contribution is 2.25. The molecule has 0 amide bonds. The molecule has 1 aliphatic rings. The third kappa shape index (κ3) is 6.92. The van der Waals surface area contributed by atoms with Gasteiger partial charge in [-0.25, -0.2) is 4.39 Å². The van der Waals surface area contributed by atoms with E-state index in [1.165, 1.54) is 31.6 Å². The highest BCUT2D eigenvalue weighted by atomic mass is 19.1. The van der Waals surface area contributed by atoms with E-state index in [9.17, 15) is 4.39 Å². The van der Waals surface area contributed by atoms with Gasteiger partial charge < -0.3 is 14.2 Å². The van der Waals surface area contributed by atoms with Crippen molar-refractivity contribution < 1.29 is 18.6 Å². The Labute approximate surface area is 185 Å². The smallest absolute Gasteiger partial charge is 0.165 e. The molecule has 1 aliphatic heterocycles. The van der Waals surface area contributed by atoms with E-state index >= 15 is 0 Å². The molecule has 5 nitrogen and oxygen atoms in total. The maximum atomic E-state index is 13.8. The molecule has 0 spiro atoms. The maximum Gasteiger partial charge on any atom is 0.165 e. The van der Waals surface area contributed by atoms with E-state index in [1.807, 2.05) is 18.2 Å². The van der Waals surface area contributed by atoms with Crippen LogP contribution in [0, 0.1) is 11.7 Å². The highest BCUT2D eigenvalue weighted by molar-refractivity contribution is 5.33. The number of methoxy groups -OCH3 is 3. The first kappa shape index (κ1) is 23.5. The number of hydrogen-bond acceptors (Lipinski definition) is 5. The van der Waals surface area contributed by atoms with Gasteiger partial charge in [0.15, 0.2) is 11.6 Å². The third-order valence-electron chi connectivity index (χ3n) is 6.04. The van der Waals surface area contributed by atoms with Gasteiger partial charge >= 0.3 is 0 Å². The summed E-state index contributed by atoms with van der Waals surface area (Å²) in [6, 6.07) is 13.4. The summed E-state index contributed by atoms with van der Waals surface area (Å²) < 4.78 is 29.7. The van der Waals surface area contributed by atoms with Crippen molar-refractivity contribution in [1.82, 2.24) is 9.80 Å². The Morgan fingerprint density at radius 1 is 1.00 bits per heavy atom. The number of nitrogens with zero attached hydrogens (tertiary/aromatic N) is 2. The van der Waals surface area contributed by atoms with Crippen LogP contribution in [0.3, 0.4) is 0 Å². The molecule has 2 aromatic carbocycles. The Morgan fingerprint density at radius 2 is 1.74 bits per heavy atom. The predicted molar refractivity (Wildman–Crippen MR) is 121 cm³/mol. The average Bonchev–Trinajstić information content (AvgIpc) is 2.80. The van der Waals surface area contributed by atoms with Crippen LogP contribution in [0.5, 0.6) is 11.5 Å². The Kier molecular flexibility index (Phi) is 9.13. The monoisotopic (exact) mass is 430 g/mol. The van der Waals surface area contributed by atoms with E-state index in [0.717, 1.165) is 50.6 Å². The van der Waals surface area contributed by atoms with Crippen molar-refractivity contribution in [1.29, 1.82) is 0 Å². The van der Waals surface area contributed by atoms with Gasteiger partial charge in [-0.1, -0.05) is 24.3 Å². The van der Waals surface area contributed by atoms with Crippen molar-refractivity contribution in [2.45, 2.75) is 25.9 Å². The van der Waals surface area contributed by atoms with Gasteiger partial charge in [0.05, 0.1) is 20.8 Å². The van der Waals surface area contributed by atoms with Gasteiger partial charge in [-0.05, 0) is 55.6 Å². The number of likely N-dealkylation sites (tertiary alicyclic amines) is 1. The van der Waals surface area contributed by atoms with E-state index in [-0.39, 0.29) is 5.82 Å². The fourth-order valence-corrected chi connectivity index (χ4v) is 4.28. The molecule has 2 aromatic rings. The minimum absolute atomic E-state index is 0.300. The zero-order valence-electron chi connectivity index (χ0n) is 19.0. The van der Waals surface area contributed by atoms with E-state index in [4.69, 9.17) is 14.2 Å². The lowest BCUT2D eigenvalue weighted by Crippen LogP contribution is -2.39. The van der Waals surface area contributed by atoms with E-state index in [0.29, 0.717) is 18.3 Å². The summed E-state index contributed by atoms with van der Waals surface area (Å²) in [5, 5.41) is 0. The Bertz CT molecular complexity index is 809. The fourth-order valence-electron chi connectivity index (χ4n) is 4.28. The number of rotatable bonds is 11. The Balaban J connectivity index is 1.54. The van der Waals surface area contributed by atoms with Crippen LogP contribution in [0.25, 0.3) is 0 Å². The molecule has 1 fully saturated rings. The van der Waals surface area contributed by atoms with E-state index in [2.05, 4.69) is 21.9 Å². The van der Waals surface area contributed by atoms with Gasteiger partial charge in [-0.15, -0.1) is 0 Å². The number of piperidine rings is 1. The van der Waals surface area contributed by atoms with Gasteiger partial charge in [-0.2, -0.15) is 0 Å². The highest BCUT2D eigenvalue weighted by Gasteiger charge is 2.22. The lowest BCUT2D eigenvalue weighted by atomic mass is 9.95. The van der Waals surface area contributed by atoms with Crippen LogP contribution >= 0.6 is 0 Å². The molecule has 3 rings (SSSR count). The fraction of sp³-hybridized carbons (Fsp3) is 0.520. The number of benzene rings is 2. The van der Waals surface area contributed by atoms with Crippen molar-refractivity contribution >= 4 is 0 Å². The molecular weight excluding hydrogens is 395 g/mol. The van der Waals surface area contributed by atoms with E-state index < -0.39 is 0 Å². The molecule has 0 bridgehead atoms. The van der Waals surface area contributed by atoms with Crippen LogP contribution in [-0.4, -0.2) is 63.9 Å². The zero-order chi connectivity index (χ0) is 22.1. The largest absolute Gasteiger partial charge is 0.496 e. The summed E-state index contributed by atoms with van der Waals surface area (Å²) in [5.74, 6) is 1.59. The average molecular weight is 431 g/mol. The predicted octanol–water partition coefficient (Wildman–Crippen LogP) is 4.20. The van der Waals surface area contributed by atoms with Crippen LogP contribution in [0.4, 0.5) is 4.39 Å². The van der Waals surface area contributed by atoms with Crippen molar-refractivity contribution in [3.05, 3.63) is 59.4 Å². The quantitative estimate of drug-likeness (QED) is 0.534. The first-order valence-corrected chi connectivity index (χ1v) is 11.0. The van der Waals surface area contributed by atoms with Crippen LogP contribution < -0.4 is 9.47 Å². The van der Waals surface area contributed by atoms with Gasteiger partial charge in [0.1, 0.15) is 5.75 Å². The lowest BCUT2D eigenvalue weighted by molar-refractivity contribution is 0.106. The molecule has 0 aliphatic carbocycles. The van der Waals surface area contributed by atoms with Gasteiger partial charge in [0.2, 0.25) is 0 Å². The normalized spacial score (nSPS) is 15.4. The summed E-state index contributed by atoms with van der Waals surface area (Å²) in [5.41, 5.74) is 2.30. The SMILES string of the molecule is COCCN(Cc1ccc(F)c(OC)c1)CC1CCN(Cc2ccccc2OC)CC1. The topological polar surface area (TPSA) is 34.2 Å². The molecule has 0 radical (unpaired) electrons. The second kappa shape index (κ2) is 12.0. The van der Waals surface area contributed by atoms with Crippen LogP contribution in [0.1, 0.15) is 24.0 Å². The molecule has 31 heavy (non-hydrogen) atoms. The molecule has 170 valence electrons. The van der Waals surface area contributed by atoms with Crippen molar-refractivity contribution in [2.75, 3.05) is 54.1 Å². The summed E-state index contributed by atoms with van der Waals surface area (Å²) in [6.45, 7) is 6.44. The summed E-state index contributed by atoms with van der Waals surface area (Å²) in [7, 11) is 4.97. The molecular formula is C25H35FN2O3. The summed E-state index contributed by atoms with van der Waals surface area (Å²) in [4.78, 5) is 4.93. The minimum Gasteiger partial charge on any atom is -0.496 e. The molecule has 1 heterocycles. The van der Waals surface area contributed by atoms with Crippen LogP contribution in [-0.2, 0) is 17.8 Å². The third-order valence-corrected chi connectivity index (χ3v) is 6.04. The van der Waals surface area contributed by atoms with Gasteiger partial charge in [0.25, 0.3) is 0 Å². The van der Waals surface area contributed by atoms with Crippen LogP contribution in [0.15, 0.2) is 42.5 Å². The van der Waals surface area contributed by atoms with Gasteiger partial charge in [-0.3, -0.25) is 9.80 Å². The van der Waals surface area contributed by atoms with Gasteiger partial charge in [0, 0.05) is 38.9 Å². The zero-order valence-corrected chi connectivity index (χ0v) is 19.0. The van der Waals surface area contributed by atoms with Crippen LogP contribution in [0.2, 0.25) is 0 Å². The molecule has 0 N–H and O–H groups in total. The van der Waals surface area contributed by atoms with Crippen molar-refractivity contribution in [3.63, 3.8) is 0 Å². The Morgan fingerprint density at radius 3 is 2.45 bits per heavy atom. The van der Waals surface area contributed by atoms with Crippen molar-refractivity contribution in [3.8, 4) is 11.5 Å². The van der Waals surface area contributed by atoms with E-state index in [1.54, 1.807) is 20.3 Å². The first-order chi connectivity index (χ1) is 15.1. The minimum atomic E-state index is -0.322. The second-order valence-electron chi connectivity index (χ2n) is 8.23. The molecule has 0 atom stereocenters. The Hall–Kier alpha value is -2.15. The summed E-state index contributed by atoms with van der Waals surface area (Å²) >= 11 is 0. The molecule has 0 aromatic heterocycles. The number of halogens is 1. The molecule has 6 heteroatoms. The number of ether oxygens (including phenoxy) is 3. The first-order valence-electron chi connectivity index (χ1n) is 11.0. The molecule has 0 saturated carbocycles.